The largest absolute Gasteiger partial charge is 0.494 e. The van der Waals surface area contributed by atoms with Gasteiger partial charge in [0.2, 0.25) is 0 Å². The molecule has 4 saturated carbocycles. The van der Waals surface area contributed by atoms with Crippen molar-refractivity contribution in [3.8, 4) is 56.8 Å². The number of carboxylic acid groups (broad SMARTS) is 1. The van der Waals surface area contributed by atoms with Gasteiger partial charge in [0.25, 0.3) is 0 Å². The van der Waals surface area contributed by atoms with Crippen LogP contribution in [-0.4, -0.2) is 72.3 Å². The summed E-state index contributed by atoms with van der Waals surface area (Å²) in [6.45, 7) is 11.9. The second kappa shape index (κ2) is 31.4. The van der Waals surface area contributed by atoms with Crippen LogP contribution < -0.4 is 28.4 Å². The first-order valence-electron chi connectivity index (χ1n) is 33.7. The Balaban J connectivity index is 0.674. The number of fused-ring (bicyclic) bond motifs is 5. The third kappa shape index (κ3) is 17.1. The van der Waals surface area contributed by atoms with Crippen LogP contribution in [0.25, 0.3) is 22.3 Å². The summed E-state index contributed by atoms with van der Waals surface area (Å²) in [7, 11) is 0. The van der Waals surface area contributed by atoms with Gasteiger partial charge in [-0.25, -0.2) is 9.59 Å². The van der Waals surface area contributed by atoms with Crippen LogP contribution in [0.1, 0.15) is 171 Å². The highest BCUT2D eigenvalue weighted by Gasteiger charge is 2.64. The summed E-state index contributed by atoms with van der Waals surface area (Å²) >= 11 is 0. The van der Waals surface area contributed by atoms with Crippen LogP contribution in [0.3, 0.4) is 0 Å². The molecule has 16 nitrogen and oxygen atoms in total. The Hall–Kier alpha value is -8.79. The van der Waals surface area contributed by atoms with Gasteiger partial charge in [-0.3, -0.25) is 24.0 Å². The number of carbonyl (C=O) groups is 7. The zero-order chi connectivity index (χ0) is 66.4. The minimum Gasteiger partial charge on any atom is -0.494 e. The number of ether oxygens (including phenoxy) is 8. The fourth-order valence-electron chi connectivity index (χ4n) is 15.7. The van der Waals surface area contributed by atoms with Crippen LogP contribution in [0.5, 0.6) is 34.5 Å². The molecule has 0 heterocycles. The average Bonchev–Trinajstić information content (AvgIpc) is 1.32. The van der Waals surface area contributed by atoms with E-state index in [0.29, 0.717) is 122 Å². The minimum atomic E-state index is -0.772. The van der Waals surface area contributed by atoms with Crippen molar-refractivity contribution in [1.29, 1.82) is 0 Å². The molecule has 6 aromatic rings. The SMILES string of the molecule is CCOc1ccc(C(=O)Oc2ccc(-c3ccc(OC(=O)CCCCC(=O)O[C@@H]4CC[C@@]5(C)[C@@H](C4)C[C@@H](OC(=O)CCCCC(=O)Oc4ccc(-c6ccc(OC(=O)c7ccc(OCC)cc7)cc6)cc4)[C@@H]4[C@@H]5CC[C@]5(C)[C@@H]([C@H](C)CCC(=O)O)CC[C@@H]45)cc3)cc2)cc1. The highest BCUT2D eigenvalue weighted by atomic mass is 16.6. The Morgan fingerprint density at radius 1 is 0.447 bits per heavy atom. The molecule has 0 aromatic heterocycles. The predicted octanol–water partition coefficient (Wildman–Crippen LogP) is 16.5. The zero-order valence-corrected chi connectivity index (χ0v) is 54.7. The Kier molecular flexibility index (Phi) is 22.8. The number of rotatable bonds is 28. The molecular formula is C78H88O16. The van der Waals surface area contributed by atoms with Crippen LogP contribution in [0.4, 0.5) is 0 Å². The van der Waals surface area contributed by atoms with Crippen molar-refractivity contribution in [3.63, 3.8) is 0 Å². The monoisotopic (exact) mass is 1280 g/mol. The van der Waals surface area contributed by atoms with Gasteiger partial charge in [-0.15, -0.1) is 0 Å². The van der Waals surface area contributed by atoms with Crippen molar-refractivity contribution < 1.29 is 76.6 Å². The molecule has 0 radical (unpaired) electrons. The second-order valence-corrected chi connectivity index (χ2v) is 26.4. The molecule has 0 bridgehead atoms. The highest BCUT2D eigenvalue weighted by molar-refractivity contribution is 5.92. The zero-order valence-electron chi connectivity index (χ0n) is 54.7. The number of hydrogen-bond acceptors (Lipinski definition) is 15. The van der Waals surface area contributed by atoms with Crippen molar-refractivity contribution in [3.05, 3.63) is 157 Å². The molecule has 496 valence electrons. The maximum atomic E-state index is 14.0. The lowest BCUT2D eigenvalue weighted by Gasteiger charge is -2.62. The van der Waals surface area contributed by atoms with Crippen LogP contribution in [-0.2, 0) is 33.4 Å². The van der Waals surface area contributed by atoms with Gasteiger partial charge in [0.05, 0.1) is 24.3 Å². The second-order valence-electron chi connectivity index (χ2n) is 26.4. The van der Waals surface area contributed by atoms with E-state index in [1.54, 1.807) is 97.1 Å². The molecule has 10 rings (SSSR count). The first kappa shape index (κ1) is 68.1. The van der Waals surface area contributed by atoms with E-state index in [2.05, 4.69) is 20.8 Å². The number of esters is 6. The van der Waals surface area contributed by atoms with Crippen molar-refractivity contribution in [1.82, 2.24) is 0 Å². The fourth-order valence-corrected chi connectivity index (χ4v) is 15.7. The van der Waals surface area contributed by atoms with E-state index in [1.165, 1.54) is 0 Å². The van der Waals surface area contributed by atoms with Gasteiger partial charge in [-0.2, -0.15) is 0 Å². The maximum absolute atomic E-state index is 14.0. The van der Waals surface area contributed by atoms with Crippen LogP contribution in [0, 0.1) is 46.3 Å². The lowest BCUT2D eigenvalue weighted by atomic mass is 9.43. The summed E-state index contributed by atoms with van der Waals surface area (Å²) in [5, 5.41) is 9.59. The molecule has 4 aliphatic carbocycles. The molecule has 0 aliphatic heterocycles. The highest BCUT2D eigenvalue weighted by Crippen LogP contribution is 2.69. The summed E-state index contributed by atoms with van der Waals surface area (Å²) in [5.74, 6) is 1.43. The Morgan fingerprint density at radius 2 is 0.840 bits per heavy atom. The van der Waals surface area contributed by atoms with E-state index in [1.807, 2.05) is 62.4 Å². The van der Waals surface area contributed by atoms with E-state index < -0.39 is 29.8 Å². The lowest BCUT2D eigenvalue weighted by Crippen LogP contribution is -2.59. The van der Waals surface area contributed by atoms with Crippen molar-refractivity contribution in [2.75, 3.05) is 13.2 Å². The molecule has 4 aliphatic rings. The Bertz CT molecular complexity index is 3560. The number of benzene rings is 6. The predicted molar refractivity (Wildman–Crippen MR) is 353 cm³/mol. The number of carboxylic acids is 1. The molecule has 1 N–H and O–H groups in total. The third-order valence-electron chi connectivity index (χ3n) is 20.6. The van der Waals surface area contributed by atoms with E-state index in [-0.39, 0.29) is 84.8 Å². The number of carbonyl (C=O) groups excluding carboxylic acids is 6. The van der Waals surface area contributed by atoms with E-state index in [9.17, 15) is 38.7 Å². The third-order valence-corrected chi connectivity index (χ3v) is 20.6. The van der Waals surface area contributed by atoms with Gasteiger partial charge in [0, 0.05) is 38.0 Å². The first-order chi connectivity index (χ1) is 45.4. The lowest BCUT2D eigenvalue weighted by molar-refractivity contribution is -0.198. The summed E-state index contributed by atoms with van der Waals surface area (Å²) in [6, 6.07) is 42.2. The van der Waals surface area contributed by atoms with E-state index in [0.717, 1.165) is 60.8 Å². The smallest absolute Gasteiger partial charge is 0.343 e. The molecule has 0 spiro atoms. The van der Waals surface area contributed by atoms with Gasteiger partial charge in [-0.1, -0.05) is 69.3 Å². The summed E-state index contributed by atoms with van der Waals surface area (Å²) < 4.78 is 46.2. The van der Waals surface area contributed by atoms with Crippen molar-refractivity contribution >= 4 is 41.8 Å². The van der Waals surface area contributed by atoms with Gasteiger partial charge in [-0.05, 0) is 257 Å². The van der Waals surface area contributed by atoms with Crippen LogP contribution in [0.2, 0.25) is 0 Å². The van der Waals surface area contributed by atoms with Gasteiger partial charge in [0.15, 0.2) is 0 Å². The molecule has 4 fully saturated rings. The van der Waals surface area contributed by atoms with Gasteiger partial charge >= 0.3 is 41.8 Å². The standard InChI is InChI=1S/C78H88O16/c1-6-87-58-29-25-55(26-30-58)75(85)92-62-37-21-53(22-38-62)51-17-33-60(34-18-51)89-70(81)12-8-9-14-72(83)91-64-44-46-77(4)57(48-64)49-68(74-66-42-41-65(50(3)16-43-69(79)80)78(66,5)47-45-67(74)77)94-73(84)15-11-10-13-71(82)90-61-35-19-52(20-36-61)54-23-39-63(40-24-54)93-76(86)56-27-31-59(32-28-56)88-7-2/h17-40,50,57,64-68,74H,6-16,41-49H2,1-5H3,(H,79,80)/t50-,57+,64-,65-,66+,67+,68-,74+,77+,78-/m1/s1. The fraction of sp³-hybridized carbons (Fsp3) is 0.449. The Morgan fingerprint density at radius 3 is 1.28 bits per heavy atom. The summed E-state index contributed by atoms with van der Waals surface area (Å²) in [6.07, 6.45) is 9.64. The van der Waals surface area contributed by atoms with Gasteiger partial charge < -0.3 is 43.0 Å². The minimum absolute atomic E-state index is 0.0117. The Labute approximate surface area is 551 Å². The molecule has 0 saturated heterocycles. The normalized spacial score (nSPS) is 23.0. The van der Waals surface area contributed by atoms with Crippen LogP contribution in [0.15, 0.2) is 146 Å². The van der Waals surface area contributed by atoms with Crippen molar-refractivity contribution in [2.24, 2.45) is 46.3 Å². The molecule has 0 unspecified atom stereocenters. The molecule has 6 aromatic carbocycles. The van der Waals surface area contributed by atoms with Gasteiger partial charge in [0.1, 0.15) is 46.7 Å². The first-order valence-corrected chi connectivity index (χ1v) is 33.7. The van der Waals surface area contributed by atoms with Crippen LogP contribution >= 0.6 is 0 Å². The molecule has 0 amide bonds. The van der Waals surface area contributed by atoms with E-state index in [4.69, 9.17) is 37.9 Å². The number of aliphatic carboxylic acids is 1. The quantitative estimate of drug-likeness (QED) is 0.0275. The average molecular weight is 1280 g/mol. The molecule has 10 atom stereocenters. The molecular weight excluding hydrogens is 1190 g/mol. The topological polar surface area (TPSA) is 214 Å². The molecule has 94 heavy (non-hydrogen) atoms. The van der Waals surface area contributed by atoms with E-state index >= 15 is 0 Å². The number of hydrogen-bond donors (Lipinski definition) is 1. The maximum Gasteiger partial charge on any atom is 0.343 e. The summed E-state index contributed by atoms with van der Waals surface area (Å²) in [4.78, 5) is 90.6. The van der Waals surface area contributed by atoms with Crippen molar-refractivity contribution in [2.45, 2.75) is 162 Å². The number of unbranched alkanes of at least 4 members (excludes halogenated alkanes) is 2. The summed E-state index contributed by atoms with van der Waals surface area (Å²) in [5.41, 5.74) is 4.31. The molecule has 16 heteroatoms.